The number of aliphatic hydroxyl groups is 1. The fourth-order valence-electron chi connectivity index (χ4n) is 0.332. The van der Waals surface area contributed by atoms with E-state index in [0.717, 1.165) is 0 Å². The van der Waals surface area contributed by atoms with Gasteiger partial charge in [-0.3, -0.25) is 4.79 Å². The molecule has 0 bridgehead atoms. The van der Waals surface area contributed by atoms with E-state index in [2.05, 4.69) is 0 Å². The molecule has 3 N–H and O–H groups in total. The zero-order valence-electron chi connectivity index (χ0n) is 4.79. The van der Waals surface area contributed by atoms with Crippen LogP contribution in [0.5, 0.6) is 0 Å². The first kappa shape index (κ1) is 7.59. The van der Waals surface area contributed by atoms with Gasteiger partial charge in [0.15, 0.2) is 0 Å². The zero-order valence-corrected chi connectivity index (χ0v) is 4.79. The molecule has 47 valence electrons. The number of hydrogen-bond donors (Lipinski definition) is 2. The molecule has 0 aromatic rings. The monoisotopic (exact) mass is 116 g/mol. The maximum Gasteiger partial charge on any atom is 0.219 e. The van der Waals surface area contributed by atoms with Crippen LogP contribution in [0.2, 0.25) is 0 Å². The summed E-state index contributed by atoms with van der Waals surface area (Å²) >= 11 is 0. The smallest absolute Gasteiger partial charge is 0.219 e. The van der Waals surface area contributed by atoms with Gasteiger partial charge in [0.2, 0.25) is 6.29 Å². The highest BCUT2D eigenvalue weighted by molar-refractivity contribution is 5.58. The lowest BCUT2D eigenvalue weighted by Gasteiger charge is -2.07. The third kappa shape index (κ3) is 2.04. The Bertz CT molecular complexity index is 74.8. The summed E-state index contributed by atoms with van der Waals surface area (Å²) in [6.07, 6.45) is 1.26. The first-order chi connectivity index (χ1) is 3.72. The fourth-order valence-corrected chi connectivity index (χ4v) is 0.332. The van der Waals surface area contributed by atoms with Crippen molar-refractivity contribution in [3.05, 3.63) is 0 Å². The molecule has 3 heteroatoms. The van der Waals surface area contributed by atoms with Crippen LogP contribution in [-0.2, 0) is 4.79 Å². The predicted octanol–water partition coefficient (Wildman–Crippen LogP) is -0.806. The molecule has 0 saturated heterocycles. The first-order valence-electron chi connectivity index (χ1n) is 2.53. The molecule has 0 rings (SSSR count). The van der Waals surface area contributed by atoms with E-state index in [4.69, 9.17) is 10.8 Å². The Hall–Kier alpha value is -0.410. The Morgan fingerprint density at radius 1 is 1.88 bits per heavy atom. The van der Waals surface area contributed by atoms with E-state index in [1.165, 1.54) is 6.29 Å². The average molecular weight is 116 g/mol. The number of carbonyl (C=O) groups excluding carboxylic acids is 1. The Labute approximate surface area is 48.5 Å². The van der Waals surface area contributed by atoms with Crippen LogP contribution in [0.4, 0.5) is 0 Å². The van der Waals surface area contributed by atoms with Gasteiger partial charge in [-0.15, -0.1) is 0 Å². The van der Waals surface area contributed by atoms with Gasteiger partial charge in [0.1, 0.15) is 0 Å². The molecule has 0 amide bonds. The Kier molecular flexibility index (Phi) is 3.39. The average Bonchev–Trinajstić information content (AvgIpc) is 1.84. The van der Waals surface area contributed by atoms with Crippen LogP contribution in [0.25, 0.3) is 0 Å². The summed E-state index contributed by atoms with van der Waals surface area (Å²) in [7, 11) is 0. The lowest BCUT2D eigenvalue weighted by molar-refractivity contribution is 0.160. The molecule has 0 aliphatic carbocycles. The summed E-state index contributed by atoms with van der Waals surface area (Å²) in [6.45, 7) is 1.75. The second-order valence-electron chi connectivity index (χ2n) is 1.62. The summed E-state index contributed by atoms with van der Waals surface area (Å²) in [5, 5.41) is 8.74. The van der Waals surface area contributed by atoms with E-state index in [1.807, 2.05) is 0 Å². The summed E-state index contributed by atoms with van der Waals surface area (Å²) in [5.74, 6) is 0. The summed E-state index contributed by atoms with van der Waals surface area (Å²) < 4.78 is 0. The topological polar surface area (TPSA) is 63.3 Å². The molecular formula is C5H10NO2. The van der Waals surface area contributed by atoms with Crippen LogP contribution < -0.4 is 5.73 Å². The van der Waals surface area contributed by atoms with Crippen molar-refractivity contribution in [2.45, 2.75) is 25.5 Å². The van der Waals surface area contributed by atoms with Crippen molar-refractivity contribution < 1.29 is 9.90 Å². The highest BCUT2D eigenvalue weighted by Crippen LogP contribution is 1.90. The first-order valence-corrected chi connectivity index (χ1v) is 2.53. The molecule has 0 aromatic heterocycles. The van der Waals surface area contributed by atoms with Gasteiger partial charge in [-0.2, -0.15) is 0 Å². The van der Waals surface area contributed by atoms with E-state index in [-0.39, 0.29) is 0 Å². The zero-order chi connectivity index (χ0) is 6.57. The minimum absolute atomic E-state index is 0.496. The van der Waals surface area contributed by atoms with Gasteiger partial charge in [-0.25, -0.2) is 0 Å². The predicted molar refractivity (Wildman–Crippen MR) is 30.0 cm³/mol. The van der Waals surface area contributed by atoms with Gasteiger partial charge in [0.25, 0.3) is 0 Å². The molecule has 0 fully saturated rings. The number of aliphatic hydroxyl groups excluding tert-OH is 1. The van der Waals surface area contributed by atoms with Crippen molar-refractivity contribution in [2.75, 3.05) is 0 Å². The maximum absolute atomic E-state index is 9.70. The van der Waals surface area contributed by atoms with Gasteiger partial charge in [-0.1, -0.05) is 6.92 Å². The minimum atomic E-state index is -0.833. The second-order valence-corrected chi connectivity index (χ2v) is 1.62. The van der Waals surface area contributed by atoms with Gasteiger partial charge in [-0.05, 0) is 6.42 Å². The Morgan fingerprint density at radius 2 is 2.38 bits per heavy atom. The SMILES string of the molecule is CCC(O)C(N)[C]=O. The van der Waals surface area contributed by atoms with E-state index < -0.39 is 12.1 Å². The highest BCUT2D eigenvalue weighted by atomic mass is 16.3. The molecule has 0 spiro atoms. The summed E-state index contributed by atoms with van der Waals surface area (Å²) in [4.78, 5) is 9.70. The normalized spacial score (nSPS) is 17.4. The third-order valence-electron chi connectivity index (χ3n) is 0.969. The molecule has 3 nitrogen and oxygen atoms in total. The fraction of sp³-hybridized carbons (Fsp3) is 0.800. The van der Waals surface area contributed by atoms with Crippen molar-refractivity contribution >= 4 is 6.29 Å². The molecule has 0 aromatic carbocycles. The standard InChI is InChI=1S/C5H10NO2/c1-2-5(8)4(6)3-7/h4-5,8H,2,6H2,1H3. The van der Waals surface area contributed by atoms with Crippen molar-refractivity contribution in [3.63, 3.8) is 0 Å². The lowest BCUT2D eigenvalue weighted by Crippen LogP contribution is -2.35. The molecule has 1 radical (unpaired) electrons. The van der Waals surface area contributed by atoms with E-state index in [1.54, 1.807) is 6.92 Å². The number of nitrogens with two attached hydrogens (primary N) is 1. The molecular weight excluding hydrogens is 106 g/mol. The van der Waals surface area contributed by atoms with E-state index >= 15 is 0 Å². The van der Waals surface area contributed by atoms with Crippen LogP contribution in [0, 0.1) is 0 Å². The van der Waals surface area contributed by atoms with Gasteiger partial charge in [0.05, 0.1) is 12.1 Å². The van der Waals surface area contributed by atoms with Crippen LogP contribution in [0.1, 0.15) is 13.3 Å². The van der Waals surface area contributed by atoms with Crippen LogP contribution >= 0.6 is 0 Å². The Morgan fingerprint density at radius 3 is 2.50 bits per heavy atom. The summed E-state index contributed by atoms with van der Waals surface area (Å²) in [5.41, 5.74) is 5.05. The molecule has 0 aliphatic rings. The molecule has 0 heterocycles. The van der Waals surface area contributed by atoms with Gasteiger partial charge in [0, 0.05) is 0 Å². The molecule has 8 heavy (non-hydrogen) atoms. The van der Waals surface area contributed by atoms with E-state index in [9.17, 15) is 4.79 Å². The van der Waals surface area contributed by atoms with Gasteiger partial charge < -0.3 is 10.8 Å². The van der Waals surface area contributed by atoms with Crippen LogP contribution in [-0.4, -0.2) is 23.5 Å². The molecule has 0 saturated carbocycles. The van der Waals surface area contributed by atoms with Crippen LogP contribution in [0.15, 0.2) is 0 Å². The van der Waals surface area contributed by atoms with Crippen LogP contribution in [0.3, 0.4) is 0 Å². The van der Waals surface area contributed by atoms with Crippen molar-refractivity contribution in [2.24, 2.45) is 5.73 Å². The molecule has 0 aliphatic heterocycles. The minimum Gasteiger partial charge on any atom is -0.391 e. The van der Waals surface area contributed by atoms with E-state index in [0.29, 0.717) is 6.42 Å². The quantitative estimate of drug-likeness (QED) is 0.507. The maximum atomic E-state index is 9.70. The lowest BCUT2D eigenvalue weighted by atomic mass is 10.1. The second kappa shape index (κ2) is 3.57. The summed E-state index contributed by atoms with van der Waals surface area (Å²) in [6, 6.07) is -0.833. The van der Waals surface area contributed by atoms with Crippen molar-refractivity contribution in [1.82, 2.24) is 0 Å². The highest BCUT2D eigenvalue weighted by Gasteiger charge is 2.10. The third-order valence-corrected chi connectivity index (χ3v) is 0.969. The Balaban J connectivity index is 3.44. The number of rotatable bonds is 3. The van der Waals surface area contributed by atoms with Gasteiger partial charge >= 0.3 is 0 Å². The van der Waals surface area contributed by atoms with Crippen molar-refractivity contribution in [1.29, 1.82) is 0 Å². The molecule has 2 unspecified atom stereocenters. The largest absolute Gasteiger partial charge is 0.391 e. The number of hydrogen-bond acceptors (Lipinski definition) is 3. The molecule has 2 atom stereocenters. The van der Waals surface area contributed by atoms with Crippen molar-refractivity contribution in [3.8, 4) is 0 Å².